The predicted octanol–water partition coefficient (Wildman–Crippen LogP) is 1.97. The largest absolute Gasteiger partial charge is 0.469 e. The van der Waals surface area contributed by atoms with Gasteiger partial charge in [-0.15, -0.1) is 0 Å². The minimum absolute atomic E-state index is 0.125. The normalized spacial score (nSPS) is 26.3. The molecule has 0 aromatic heterocycles. The fourth-order valence-corrected chi connectivity index (χ4v) is 2.34. The van der Waals surface area contributed by atoms with Crippen LogP contribution >= 0.6 is 0 Å². The Labute approximate surface area is 92.6 Å². The molecule has 3 nitrogen and oxygen atoms in total. The van der Waals surface area contributed by atoms with Gasteiger partial charge in [-0.3, -0.25) is 4.79 Å². The Morgan fingerprint density at radius 3 is 2.93 bits per heavy atom. The Balaban J connectivity index is 2.02. The average Bonchev–Trinajstić information content (AvgIpc) is 2.24. The highest BCUT2D eigenvalue weighted by molar-refractivity contribution is 5.69. The third kappa shape index (κ3) is 5.17. The van der Waals surface area contributed by atoms with E-state index >= 15 is 0 Å². The van der Waals surface area contributed by atoms with Crippen LogP contribution in [0, 0.1) is 11.8 Å². The summed E-state index contributed by atoms with van der Waals surface area (Å²) in [6.45, 7) is 4.14. The zero-order chi connectivity index (χ0) is 11.1. The molecule has 1 N–H and O–H groups in total. The van der Waals surface area contributed by atoms with Crippen molar-refractivity contribution in [1.82, 2.24) is 5.32 Å². The third-order valence-electron chi connectivity index (χ3n) is 3.21. The highest BCUT2D eigenvalue weighted by Gasteiger charge is 2.18. The number of methoxy groups -OCH3 is 1. The minimum atomic E-state index is -0.125. The van der Waals surface area contributed by atoms with E-state index in [1.165, 1.54) is 32.8 Å². The van der Waals surface area contributed by atoms with Crippen molar-refractivity contribution in [3.05, 3.63) is 0 Å². The Morgan fingerprint density at radius 1 is 1.47 bits per heavy atom. The number of hydrogen-bond donors (Lipinski definition) is 1. The Bertz CT molecular complexity index is 194. The monoisotopic (exact) mass is 213 g/mol. The van der Waals surface area contributed by atoms with Gasteiger partial charge in [-0.25, -0.2) is 0 Å². The highest BCUT2D eigenvalue weighted by Crippen LogP contribution is 2.27. The first kappa shape index (κ1) is 12.5. The Morgan fingerprint density at radius 2 is 2.27 bits per heavy atom. The maximum atomic E-state index is 10.9. The lowest BCUT2D eigenvalue weighted by atomic mass is 9.82. The van der Waals surface area contributed by atoms with E-state index in [2.05, 4.69) is 17.0 Å². The molecular formula is C12H23NO2. The molecule has 2 atom stereocenters. The number of carbonyl (C=O) groups is 1. The zero-order valence-electron chi connectivity index (χ0n) is 9.92. The van der Waals surface area contributed by atoms with E-state index in [0.717, 1.165) is 24.9 Å². The van der Waals surface area contributed by atoms with E-state index in [0.29, 0.717) is 6.42 Å². The van der Waals surface area contributed by atoms with Gasteiger partial charge >= 0.3 is 5.97 Å². The molecule has 1 saturated carbocycles. The summed E-state index contributed by atoms with van der Waals surface area (Å²) in [6.07, 6.45) is 5.92. The van der Waals surface area contributed by atoms with Gasteiger partial charge in [0.25, 0.3) is 0 Å². The molecule has 0 radical (unpaired) electrons. The van der Waals surface area contributed by atoms with Crippen LogP contribution in [0.25, 0.3) is 0 Å². The van der Waals surface area contributed by atoms with E-state index < -0.39 is 0 Å². The lowest BCUT2D eigenvalue weighted by molar-refractivity contribution is -0.140. The second-order valence-corrected chi connectivity index (χ2v) is 4.67. The molecule has 3 heteroatoms. The van der Waals surface area contributed by atoms with E-state index in [4.69, 9.17) is 0 Å². The molecule has 0 aromatic rings. The van der Waals surface area contributed by atoms with E-state index in [9.17, 15) is 4.79 Å². The fraction of sp³-hybridized carbons (Fsp3) is 0.917. The first-order valence-electron chi connectivity index (χ1n) is 6.00. The molecule has 1 fully saturated rings. The molecular weight excluding hydrogens is 190 g/mol. The van der Waals surface area contributed by atoms with Crippen LogP contribution in [-0.2, 0) is 9.53 Å². The first-order chi connectivity index (χ1) is 7.22. The summed E-state index contributed by atoms with van der Waals surface area (Å²) in [5.74, 6) is 1.57. The number of rotatable bonds is 5. The van der Waals surface area contributed by atoms with Gasteiger partial charge in [0.2, 0.25) is 0 Å². The molecule has 0 bridgehead atoms. The van der Waals surface area contributed by atoms with Crippen LogP contribution in [0.2, 0.25) is 0 Å². The van der Waals surface area contributed by atoms with Gasteiger partial charge in [0.15, 0.2) is 0 Å². The molecule has 0 heterocycles. The van der Waals surface area contributed by atoms with Crippen LogP contribution in [0.3, 0.4) is 0 Å². The van der Waals surface area contributed by atoms with Gasteiger partial charge in [-0.05, 0) is 31.2 Å². The standard InChI is InChI=1S/C12H23NO2/c1-10-4-3-5-11(8-10)9-13-7-6-12(14)15-2/h10-11,13H,3-9H2,1-2H3. The Hall–Kier alpha value is -0.570. The van der Waals surface area contributed by atoms with Crippen molar-refractivity contribution in [2.45, 2.75) is 39.0 Å². The second-order valence-electron chi connectivity index (χ2n) is 4.67. The van der Waals surface area contributed by atoms with Gasteiger partial charge in [0, 0.05) is 6.54 Å². The fourth-order valence-electron chi connectivity index (χ4n) is 2.34. The van der Waals surface area contributed by atoms with E-state index in [1.807, 2.05) is 0 Å². The lowest BCUT2D eigenvalue weighted by Crippen LogP contribution is -2.28. The van der Waals surface area contributed by atoms with E-state index in [1.54, 1.807) is 0 Å². The molecule has 88 valence electrons. The average molecular weight is 213 g/mol. The van der Waals surface area contributed by atoms with Gasteiger partial charge in [0.05, 0.1) is 13.5 Å². The second kappa shape index (κ2) is 6.83. The number of nitrogens with one attached hydrogen (secondary N) is 1. The minimum Gasteiger partial charge on any atom is -0.469 e. The molecule has 1 aliphatic carbocycles. The van der Waals surface area contributed by atoms with Crippen molar-refractivity contribution in [3.8, 4) is 0 Å². The van der Waals surface area contributed by atoms with E-state index in [-0.39, 0.29) is 5.97 Å². The first-order valence-corrected chi connectivity index (χ1v) is 6.00. The van der Waals surface area contributed by atoms with Crippen molar-refractivity contribution in [2.24, 2.45) is 11.8 Å². The Kier molecular flexibility index (Phi) is 5.69. The summed E-state index contributed by atoms with van der Waals surface area (Å²) in [5.41, 5.74) is 0. The number of carbonyl (C=O) groups excluding carboxylic acids is 1. The van der Waals surface area contributed by atoms with Crippen molar-refractivity contribution in [2.75, 3.05) is 20.2 Å². The molecule has 15 heavy (non-hydrogen) atoms. The molecule has 0 aromatic carbocycles. The molecule has 1 rings (SSSR count). The van der Waals surface area contributed by atoms with Crippen LogP contribution in [0.4, 0.5) is 0 Å². The number of ether oxygens (including phenoxy) is 1. The predicted molar refractivity (Wildman–Crippen MR) is 60.6 cm³/mol. The van der Waals surface area contributed by atoms with Crippen LogP contribution in [0.5, 0.6) is 0 Å². The summed E-state index contributed by atoms with van der Waals surface area (Å²) >= 11 is 0. The van der Waals surface area contributed by atoms with Crippen LogP contribution in [-0.4, -0.2) is 26.2 Å². The maximum Gasteiger partial charge on any atom is 0.306 e. The SMILES string of the molecule is COC(=O)CCNCC1CCCC(C)C1. The van der Waals surface area contributed by atoms with Gasteiger partial charge in [-0.1, -0.05) is 19.8 Å². The van der Waals surface area contributed by atoms with Crippen LogP contribution in [0.15, 0.2) is 0 Å². The summed E-state index contributed by atoms with van der Waals surface area (Å²) in [6, 6.07) is 0. The summed E-state index contributed by atoms with van der Waals surface area (Å²) in [5, 5.41) is 3.34. The maximum absolute atomic E-state index is 10.9. The summed E-state index contributed by atoms with van der Waals surface area (Å²) in [4.78, 5) is 10.9. The van der Waals surface area contributed by atoms with Crippen LogP contribution < -0.4 is 5.32 Å². The van der Waals surface area contributed by atoms with Crippen molar-refractivity contribution in [3.63, 3.8) is 0 Å². The summed E-state index contributed by atoms with van der Waals surface area (Å²) in [7, 11) is 1.44. The molecule has 0 aliphatic heterocycles. The van der Waals surface area contributed by atoms with Gasteiger partial charge in [-0.2, -0.15) is 0 Å². The van der Waals surface area contributed by atoms with Gasteiger partial charge < -0.3 is 10.1 Å². The molecule has 2 unspecified atom stereocenters. The van der Waals surface area contributed by atoms with Crippen LogP contribution in [0.1, 0.15) is 39.0 Å². The van der Waals surface area contributed by atoms with Crippen molar-refractivity contribution < 1.29 is 9.53 Å². The van der Waals surface area contributed by atoms with Crippen molar-refractivity contribution in [1.29, 1.82) is 0 Å². The zero-order valence-corrected chi connectivity index (χ0v) is 9.92. The third-order valence-corrected chi connectivity index (χ3v) is 3.21. The molecule has 1 aliphatic rings. The topological polar surface area (TPSA) is 38.3 Å². The van der Waals surface area contributed by atoms with Crippen molar-refractivity contribution >= 4 is 5.97 Å². The molecule has 0 saturated heterocycles. The highest BCUT2D eigenvalue weighted by atomic mass is 16.5. The summed E-state index contributed by atoms with van der Waals surface area (Å²) < 4.78 is 4.58. The van der Waals surface area contributed by atoms with Gasteiger partial charge in [0.1, 0.15) is 0 Å². The quantitative estimate of drug-likeness (QED) is 0.560. The number of esters is 1. The molecule has 0 spiro atoms. The molecule has 0 amide bonds. The number of hydrogen-bond acceptors (Lipinski definition) is 3. The smallest absolute Gasteiger partial charge is 0.306 e. The lowest BCUT2D eigenvalue weighted by Gasteiger charge is -2.26.